The molecule has 114 valence electrons. The summed E-state index contributed by atoms with van der Waals surface area (Å²) in [5, 5.41) is 0. The van der Waals surface area contributed by atoms with E-state index in [1.807, 2.05) is 25.7 Å². The number of rotatable bonds is 1. The number of piperazine rings is 1. The van der Waals surface area contributed by atoms with Gasteiger partial charge in [-0.2, -0.15) is 0 Å². The van der Waals surface area contributed by atoms with E-state index >= 15 is 0 Å². The van der Waals surface area contributed by atoms with Crippen molar-refractivity contribution in [3.63, 3.8) is 0 Å². The van der Waals surface area contributed by atoms with Crippen LogP contribution in [0.2, 0.25) is 0 Å². The van der Waals surface area contributed by atoms with Crippen molar-refractivity contribution in [2.24, 2.45) is 0 Å². The zero-order chi connectivity index (χ0) is 14.3. The first-order valence-corrected chi connectivity index (χ1v) is 8.19. The first-order valence-electron chi connectivity index (χ1n) is 8.19. The lowest BCUT2D eigenvalue weighted by molar-refractivity contribution is 0.00695. The molecule has 2 saturated heterocycles. The van der Waals surface area contributed by atoms with Crippen LogP contribution in [-0.2, 0) is 4.74 Å². The molecule has 2 heterocycles. The average molecular weight is 280 g/mol. The molecule has 0 aromatic heterocycles. The number of hydrogen-bond acceptors (Lipinski definition) is 3. The summed E-state index contributed by atoms with van der Waals surface area (Å²) in [6.07, 6.45) is 7.92. The van der Waals surface area contributed by atoms with Gasteiger partial charge in [-0.25, -0.2) is 4.79 Å². The van der Waals surface area contributed by atoms with Crippen LogP contribution in [0.5, 0.6) is 0 Å². The molecular formula is C16H28N2O2. The Hall–Kier alpha value is -0.770. The van der Waals surface area contributed by atoms with E-state index in [0.717, 1.165) is 25.6 Å². The van der Waals surface area contributed by atoms with Gasteiger partial charge in [0.2, 0.25) is 0 Å². The normalized spacial score (nSPS) is 31.9. The van der Waals surface area contributed by atoms with Crippen LogP contribution in [0.1, 0.15) is 59.3 Å². The maximum Gasteiger partial charge on any atom is 0.410 e. The van der Waals surface area contributed by atoms with Crippen LogP contribution >= 0.6 is 0 Å². The maximum atomic E-state index is 12.2. The molecule has 0 radical (unpaired) electrons. The Balaban J connectivity index is 1.57. The number of hydrogen-bond donors (Lipinski definition) is 0. The van der Waals surface area contributed by atoms with E-state index in [9.17, 15) is 4.79 Å². The van der Waals surface area contributed by atoms with E-state index < -0.39 is 0 Å². The highest BCUT2D eigenvalue weighted by atomic mass is 16.6. The molecule has 0 aromatic carbocycles. The van der Waals surface area contributed by atoms with E-state index in [1.54, 1.807) is 0 Å². The number of carbonyl (C=O) groups excluding carboxylic acids is 1. The van der Waals surface area contributed by atoms with Crippen molar-refractivity contribution in [1.29, 1.82) is 0 Å². The predicted molar refractivity (Wildman–Crippen MR) is 78.7 cm³/mol. The molecule has 2 atom stereocenters. The summed E-state index contributed by atoms with van der Waals surface area (Å²) in [5.74, 6) is 0. The van der Waals surface area contributed by atoms with E-state index in [-0.39, 0.29) is 11.7 Å². The summed E-state index contributed by atoms with van der Waals surface area (Å²) in [6, 6.07) is 1.74. The Bertz CT molecular complexity index is 371. The minimum atomic E-state index is -0.387. The Morgan fingerprint density at radius 1 is 1.00 bits per heavy atom. The molecule has 1 aliphatic carbocycles. The molecular weight excluding hydrogens is 252 g/mol. The van der Waals surface area contributed by atoms with Crippen LogP contribution in [-0.4, -0.2) is 52.7 Å². The van der Waals surface area contributed by atoms with Crippen LogP contribution in [0.3, 0.4) is 0 Å². The second kappa shape index (κ2) is 5.21. The van der Waals surface area contributed by atoms with Gasteiger partial charge in [0.25, 0.3) is 0 Å². The third-order valence-electron chi connectivity index (χ3n) is 4.95. The van der Waals surface area contributed by atoms with Gasteiger partial charge in [-0.3, -0.25) is 4.90 Å². The highest BCUT2D eigenvalue weighted by Crippen LogP contribution is 2.36. The van der Waals surface area contributed by atoms with Crippen molar-refractivity contribution in [2.75, 3.05) is 13.1 Å². The van der Waals surface area contributed by atoms with E-state index in [1.165, 1.54) is 32.1 Å². The van der Waals surface area contributed by atoms with Crippen molar-refractivity contribution >= 4 is 6.09 Å². The van der Waals surface area contributed by atoms with Crippen molar-refractivity contribution in [1.82, 2.24) is 9.80 Å². The first-order chi connectivity index (χ1) is 9.44. The average Bonchev–Trinajstić information content (AvgIpc) is 2.97. The van der Waals surface area contributed by atoms with Crippen LogP contribution in [0.15, 0.2) is 0 Å². The number of carbonyl (C=O) groups is 1. The summed E-state index contributed by atoms with van der Waals surface area (Å²) < 4.78 is 5.52. The molecule has 0 unspecified atom stereocenters. The molecule has 0 aromatic rings. The molecule has 3 rings (SSSR count). The summed E-state index contributed by atoms with van der Waals surface area (Å²) in [6.45, 7) is 7.75. The third-order valence-corrected chi connectivity index (χ3v) is 4.95. The van der Waals surface area contributed by atoms with Crippen LogP contribution in [0.25, 0.3) is 0 Å². The minimum absolute atomic E-state index is 0.117. The Morgan fingerprint density at radius 2 is 1.70 bits per heavy atom. The minimum Gasteiger partial charge on any atom is -0.444 e. The summed E-state index contributed by atoms with van der Waals surface area (Å²) in [5.41, 5.74) is -0.387. The van der Waals surface area contributed by atoms with Crippen molar-refractivity contribution in [2.45, 2.75) is 83.0 Å². The molecule has 0 spiro atoms. The summed E-state index contributed by atoms with van der Waals surface area (Å²) in [7, 11) is 0. The zero-order valence-corrected chi connectivity index (χ0v) is 13.1. The number of ether oxygens (including phenoxy) is 1. The Kier molecular flexibility index (Phi) is 3.69. The quantitative estimate of drug-likeness (QED) is 0.740. The summed E-state index contributed by atoms with van der Waals surface area (Å²) >= 11 is 0. The Labute approximate surface area is 122 Å². The fraction of sp³-hybridized carbons (Fsp3) is 0.938. The molecule has 0 N–H and O–H groups in total. The maximum absolute atomic E-state index is 12.2. The smallest absolute Gasteiger partial charge is 0.410 e. The standard InChI is InChI=1S/C16H28N2O2/c1-16(2,3)20-15(19)18-11-13-9-14(18)10-17(13)12-7-5-4-6-8-12/h12-14H,4-11H2,1-3H3/t13-,14-/m0/s1. The molecule has 4 nitrogen and oxygen atoms in total. The molecule has 4 heteroatoms. The van der Waals surface area contributed by atoms with Gasteiger partial charge in [-0.1, -0.05) is 19.3 Å². The van der Waals surface area contributed by atoms with Crippen LogP contribution in [0, 0.1) is 0 Å². The highest BCUT2D eigenvalue weighted by Gasteiger charge is 2.48. The monoisotopic (exact) mass is 280 g/mol. The number of nitrogens with zero attached hydrogens (tertiary/aromatic N) is 2. The van der Waals surface area contributed by atoms with Gasteiger partial charge in [0.1, 0.15) is 5.60 Å². The second-order valence-electron chi connectivity index (χ2n) is 7.66. The SMILES string of the molecule is CC(C)(C)OC(=O)N1C[C@@H]2C[C@H]1CN2C1CCCCC1. The van der Waals surface area contributed by atoms with Gasteiger partial charge in [-0.05, 0) is 40.0 Å². The summed E-state index contributed by atoms with van der Waals surface area (Å²) in [4.78, 5) is 16.9. The lowest BCUT2D eigenvalue weighted by Crippen LogP contribution is -2.53. The van der Waals surface area contributed by atoms with Gasteiger partial charge < -0.3 is 9.64 Å². The van der Waals surface area contributed by atoms with E-state index in [2.05, 4.69) is 4.90 Å². The molecule has 2 bridgehead atoms. The first kappa shape index (κ1) is 14.2. The molecule has 20 heavy (non-hydrogen) atoms. The number of fused-ring (bicyclic) bond motifs is 2. The van der Waals surface area contributed by atoms with E-state index in [0.29, 0.717) is 12.1 Å². The van der Waals surface area contributed by atoms with Gasteiger partial charge in [-0.15, -0.1) is 0 Å². The number of amides is 1. The lowest BCUT2D eigenvalue weighted by atomic mass is 9.93. The van der Waals surface area contributed by atoms with Gasteiger partial charge in [0, 0.05) is 31.2 Å². The number of likely N-dealkylation sites (tertiary alicyclic amines) is 2. The van der Waals surface area contributed by atoms with Crippen LogP contribution < -0.4 is 0 Å². The van der Waals surface area contributed by atoms with Gasteiger partial charge in [0.15, 0.2) is 0 Å². The van der Waals surface area contributed by atoms with Gasteiger partial charge in [0.05, 0.1) is 0 Å². The third kappa shape index (κ3) is 2.80. The fourth-order valence-corrected chi connectivity index (χ4v) is 4.10. The van der Waals surface area contributed by atoms with Crippen LogP contribution in [0.4, 0.5) is 4.79 Å². The van der Waals surface area contributed by atoms with Crippen molar-refractivity contribution in [3.8, 4) is 0 Å². The van der Waals surface area contributed by atoms with E-state index in [4.69, 9.17) is 4.74 Å². The van der Waals surface area contributed by atoms with Crippen molar-refractivity contribution in [3.05, 3.63) is 0 Å². The highest BCUT2D eigenvalue weighted by molar-refractivity contribution is 5.69. The topological polar surface area (TPSA) is 32.8 Å². The molecule has 2 aliphatic heterocycles. The van der Waals surface area contributed by atoms with Crippen molar-refractivity contribution < 1.29 is 9.53 Å². The fourth-order valence-electron chi connectivity index (χ4n) is 4.10. The molecule has 3 aliphatic rings. The lowest BCUT2D eigenvalue weighted by Gasteiger charge is -2.40. The largest absolute Gasteiger partial charge is 0.444 e. The molecule has 3 fully saturated rings. The second-order valence-corrected chi connectivity index (χ2v) is 7.66. The Morgan fingerprint density at radius 3 is 2.25 bits per heavy atom. The van der Waals surface area contributed by atoms with Gasteiger partial charge >= 0.3 is 6.09 Å². The zero-order valence-electron chi connectivity index (χ0n) is 13.1. The predicted octanol–water partition coefficient (Wildman–Crippen LogP) is 3.01. The molecule has 1 saturated carbocycles. The molecule has 1 amide bonds.